The van der Waals surface area contributed by atoms with Crippen molar-refractivity contribution in [3.8, 4) is 0 Å². The van der Waals surface area contributed by atoms with Crippen molar-refractivity contribution in [2.24, 2.45) is 11.1 Å². The molecule has 1 aromatic carbocycles. The molecule has 20 heavy (non-hydrogen) atoms. The van der Waals surface area contributed by atoms with E-state index < -0.39 is 5.41 Å². The number of thiocarbonyl (C=S) groups is 1. The van der Waals surface area contributed by atoms with Crippen LogP contribution in [0.1, 0.15) is 44.2 Å². The Morgan fingerprint density at radius 3 is 2.65 bits per heavy atom. The van der Waals surface area contributed by atoms with Crippen LogP contribution in [0.15, 0.2) is 28.7 Å². The Balaban J connectivity index is 2.12. The van der Waals surface area contributed by atoms with E-state index in [1.54, 1.807) is 0 Å². The van der Waals surface area contributed by atoms with E-state index in [0.29, 0.717) is 4.99 Å². The molecule has 0 bridgehead atoms. The van der Waals surface area contributed by atoms with E-state index in [9.17, 15) is 4.79 Å². The van der Waals surface area contributed by atoms with Gasteiger partial charge in [0.05, 0.1) is 16.4 Å². The van der Waals surface area contributed by atoms with Gasteiger partial charge in [0.25, 0.3) is 0 Å². The Morgan fingerprint density at radius 2 is 2.10 bits per heavy atom. The summed E-state index contributed by atoms with van der Waals surface area (Å²) in [6, 6.07) is 7.86. The fourth-order valence-electron chi connectivity index (χ4n) is 2.76. The molecular formula is C15H19BrN2OS. The quantitative estimate of drug-likeness (QED) is 0.813. The summed E-state index contributed by atoms with van der Waals surface area (Å²) in [6.07, 6.45) is 3.55. The lowest BCUT2D eigenvalue weighted by molar-refractivity contribution is -0.128. The Bertz CT molecular complexity index is 526. The topological polar surface area (TPSA) is 55.1 Å². The van der Waals surface area contributed by atoms with Crippen molar-refractivity contribution >= 4 is 39.0 Å². The van der Waals surface area contributed by atoms with Crippen molar-refractivity contribution in [2.45, 2.75) is 38.6 Å². The third-order valence-electron chi connectivity index (χ3n) is 4.06. The van der Waals surface area contributed by atoms with Crippen molar-refractivity contribution in [2.75, 3.05) is 0 Å². The van der Waals surface area contributed by atoms with E-state index in [1.807, 2.05) is 31.2 Å². The highest BCUT2D eigenvalue weighted by molar-refractivity contribution is 9.10. The molecule has 0 aromatic heterocycles. The van der Waals surface area contributed by atoms with Gasteiger partial charge in [0.1, 0.15) is 0 Å². The molecule has 1 unspecified atom stereocenters. The number of nitrogens with one attached hydrogen (secondary N) is 1. The van der Waals surface area contributed by atoms with Crippen LogP contribution < -0.4 is 11.1 Å². The smallest absolute Gasteiger partial charge is 0.233 e. The van der Waals surface area contributed by atoms with Crippen LogP contribution >= 0.6 is 28.1 Å². The van der Waals surface area contributed by atoms with Gasteiger partial charge in [-0.1, -0.05) is 53.1 Å². The number of hydrogen-bond donors (Lipinski definition) is 2. The number of nitrogens with two attached hydrogens (primary N) is 1. The Hall–Kier alpha value is -0.940. The van der Waals surface area contributed by atoms with Gasteiger partial charge in [-0.15, -0.1) is 0 Å². The SMILES string of the molecule is CC(NC(=O)C1(C(N)=S)CCCC1)c1cccc(Br)c1. The van der Waals surface area contributed by atoms with Gasteiger partial charge in [-0.25, -0.2) is 0 Å². The Labute approximate surface area is 133 Å². The van der Waals surface area contributed by atoms with E-state index in [1.165, 1.54) is 0 Å². The van der Waals surface area contributed by atoms with E-state index in [2.05, 4.69) is 21.2 Å². The zero-order chi connectivity index (χ0) is 14.8. The molecule has 0 aliphatic heterocycles. The second-order valence-corrected chi connectivity index (χ2v) is 6.76. The highest BCUT2D eigenvalue weighted by Gasteiger charge is 2.44. The van der Waals surface area contributed by atoms with Crippen LogP contribution in [-0.2, 0) is 4.79 Å². The third-order valence-corrected chi connectivity index (χ3v) is 4.94. The van der Waals surface area contributed by atoms with E-state index >= 15 is 0 Å². The number of halogens is 1. The van der Waals surface area contributed by atoms with Crippen LogP contribution in [-0.4, -0.2) is 10.9 Å². The number of benzene rings is 1. The van der Waals surface area contributed by atoms with E-state index in [-0.39, 0.29) is 11.9 Å². The molecule has 108 valence electrons. The highest BCUT2D eigenvalue weighted by Crippen LogP contribution is 2.39. The number of hydrogen-bond acceptors (Lipinski definition) is 2. The van der Waals surface area contributed by atoms with Crippen molar-refractivity contribution < 1.29 is 4.79 Å². The van der Waals surface area contributed by atoms with Gasteiger partial charge in [0, 0.05) is 4.47 Å². The van der Waals surface area contributed by atoms with Crippen molar-refractivity contribution in [3.63, 3.8) is 0 Å². The number of carbonyl (C=O) groups excluding carboxylic acids is 1. The van der Waals surface area contributed by atoms with Gasteiger partial charge in [-0.2, -0.15) is 0 Å². The fourth-order valence-corrected chi connectivity index (χ4v) is 3.47. The molecule has 1 fully saturated rings. The molecule has 1 saturated carbocycles. The highest BCUT2D eigenvalue weighted by atomic mass is 79.9. The third kappa shape index (κ3) is 3.04. The predicted molar refractivity (Wildman–Crippen MR) is 88.4 cm³/mol. The molecule has 5 heteroatoms. The molecule has 3 nitrogen and oxygen atoms in total. The fraction of sp³-hybridized carbons (Fsp3) is 0.467. The van der Waals surface area contributed by atoms with Crippen LogP contribution in [0, 0.1) is 5.41 Å². The molecule has 0 heterocycles. The van der Waals surface area contributed by atoms with Crippen molar-refractivity contribution in [3.05, 3.63) is 34.3 Å². The molecule has 0 radical (unpaired) electrons. The minimum absolute atomic E-state index is 0.0324. The maximum atomic E-state index is 12.6. The van der Waals surface area contributed by atoms with Crippen molar-refractivity contribution in [1.82, 2.24) is 5.32 Å². The van der Waals surface area contributed by atoms with E-state index in [0.717, 1.165) is 35.7 Å². The molecule has 1 amide bonds. The molecule has 1 atom stereocenters. The van der Waals surface area contributed by atoms with Crippen LogP contribution in [0.25, 0.3) is 0 Å². The zero-order valence-electron chi connectivity index (χ0n) is 11.5. The van der Waals surface area contributed by atoms with Crippen LogP contribution in [0.4, 0.5) is 0 Å². The largest absolute Gasteiger partial charge is 0.392 e. The lowest BCUT2D eigenvalue weighted by Crippen LogP contribution is -2.47. The first kappa shape index (κ1) is 15.4. The summed E-state index contributed by atoms with van der Waals surface area (Å²) >= 11 is 8.59. The monoisotopic (exact) mass is 354 g/mol. The van der Waals surface area contributed by atoms with Gasteiger partial charge >= 0.3 is 0 Å². The minimum atomic E-state index is -0.643. The van der Waals surface area contributed by atoms with Gasteiger partial charge in [-0.05, 0) is 37.5 Å². The summed E-state index contributed by atoms with van der Waals surface area (Å²) < 4.78 is 1.00. The molecule has 1 aliphatic carbocycles. The molecular weight excluding hydrogens is 336 g/mol. The zero-order valence-corrected chi connectivity index (χ0v) is 13.9. The molecule has 1 aliphatic rings. The Kier molecular flexibility index (Phi) is 4.81. The predicted octanol–water partition coefficient (Wildman–Crippen LogP) is 3.47. The summed E-state index contributed by atoms with van der Waals surface area (Å²) in [5.41, 5.74) is 6.25. The maximum absolute atomic E-state index is 12.6. The van der Waals surface area contributed by atoms with Crippen LogP contribution in [0.2, 0.25) is 0 Å². The first-order valence-electron chi connectivity index (χ1n) is 6.82. The second-order valence-electron chi connectivity index (χ2n) is 5.40. The molecule has 0 spiro atoms. The maximum Gasteiger partial charge on any atom is 0.233 e. The summed E-state index contributed by atoms with van der Waals surface area (Å²) in [6.45, 7) is 1.97. The first-order valence-corrected chi connectivity index (χ1v) is 8.02. The van der Waals surface area contributed by atoms with Gasteiger partial charge < -0.3 is 11.1 Å². The first-order chi connectivity index (χ1) is 9.45. The number of rotatable bonds is 4. The Morgan fingerprint density at radius 1 is 1.45 bits per heavy atom. The molecule has 3 N–H and O–H groups in total. The summed E-state index contributed by atoms with van der Waals surface area (Å²) in [5, 5.41) is 3.06. The van der Waals surface area contributed by atoms with E-state index in [4.69, 9.17) is 18.0 Å². The normalized spacial score (nSPS) is 18.5. The minimum Gasteiger partial charge on any atom is -0.392 e. The number of amides is 1. The van der Waals surface area contributed by atoms with Crippen LogP contribution in [0.3, 0.4) is 0 Å². The van der Waals surface area contributed by atoms with Crippen LogP contribution in [0.5, 0.6) is 0 Å². The molecule has 0 saturated heterocycles. The standard InChI is InChI=1S/C15H19BrN2OS/c1-10(11-5-4-6-12(16)9-11)18-14(19)15(13(17)20)7-2-3-8-15/h4-6,9-10H,2-3,7-8H2,1H3,(H2,17,20)(H,18,19). The lowest BCUT2D eigenvalue weighted by atomic mass is 9.84. The second kappa shape index (κ2) is 6.22. The molecule has 2 rings (SSSR count). The van der Waals surface area contributed by atoms with Gasteiger partial charge in [-0.3, -0.25) is 4.79 Å². The van der Waals surface area contributed by atoms with Crippen molar-refractivity contribution in [1.29, 1.82) is 0 Å². The summed E-state index contributed by atoms with van der Waals surface area (Å²) in [7, 11) is 0. The average Bonchev–Trinajstić information content (AvgIpc) is 2.89. The summed E-state index contributed by atoms with van der Waals surface area (Å²) in [5.74, 6) is -0.0324. The lowest BCUT2D eigenvalue weighted by Gasteiger charge is -2.28. The number of carbonyl (C=O) groups is 1. The summed E-state index contributed by atoms with van der Waals surface area (Å²) in [4.78, 5) is 12.9. The van der Waals surface area contributed by atoms with Gasteiger partial charge in [0.2, 0.25) is 5.91 Å². The van der Waals surface area contributed by atoms with Gasteiger partial charge in [0.15, 0.2) is 0 Å². The molecule has 1 aromatic rings. The average molecular weight is 355 g/mol.